The predicted octanol–water partition coefficient (Wildman–Crippen LogP) is -0.632. The number of aliphatic hydroxyl groups is 1. The van der Waals surface area contributed by atoms with Crippen molar-refractivity contribution in [3.63, 3.8) is 0 Å². The number of methoxy groups -OCH3 is 1. The lowest BCUT2D eigenvalue weighted by molar-refractivity contribution is -0.133. The van der Waals surface area contributed by atoms with E-state index < -0.39 is 5.60 Å². The number of amides is 2. The van der Waals surface area contributed by atoms with Crippen molar-refractivity contribution in [2.75, 3.05) is 33.9 Å². The van der Waals surface area contributed by atoms with Gasteiger partial charge in [0.2, 0.25) is 11.8 Å². The molecule has 6 heteroatoms. The molecule has 0 radical (unpaired) electrons. The van der Waals surface area contributed by atoms with Gasteiger partial charge in [0.1, 0.15) is 0 Å². The molecule has 0 aromatic rings. The number of hydrogen-bond acceptors (Lipinski definition) is 4. The lowest BCUT2D eigenvalue weighted by atomic mass is 10.0. The summed E-state index contributed by atoms with van der Waals surface area (Å²) in [6.45, 7) is 3.58. The molecule has 0 aliphatic carbocycles. The first-order valence-electron chi connectivity index (χ1n) is 5.48. The Morgan fingerprint density at radius 3 is 2.53 bits per heavy atom. The number of nitrogens with zero attached hydrogens (tertiary/aromatic N) is 1. The van der Waals surface area contributed by atoms with Crippen LogP contribution in [0.25, 0.3) is 0 Å². The Balaban J connectivity index is 3.94. The van der Waals surface area contributed by atoms with Crippen molar-refractivity contribution in [3.8, 4) is 0 Å². The number of hydrogen-bond donors (Lipinski definition) is 2. The SMILES string of the molecule is COCCC(C)(O)CNC(=O)CN(C)C(C)=O. The number of carbonyl (C=O) groups is 2. The minimum Gasteiger partial charge on any atom is -0.388 e. The summed E-state index contributed by atoms with van der Waals surface area (Å²) in [6, 6.07) is 0. The van der Waals surface area contributed by atoms with Crippen LogP contribution in [0, 0.1) is 0 Å². The first kappa shape index (κ1) is 15.9. The molecule has 0 saturated carbocycles. The highest BCUT2D eigenvalue weighted by atomic mass is 16.5. The monoisotopic (exact) mass is 246 g/mol. The first-order chi connectivity index (χ1) is 7.78. The summed E-state index contributed by atoms with van der Waals surface area (Å²) in [6.07, 6.45) is 0.437. The fraction of sp³-hybridized carbons (Fsp3) is 0.818. The van der Waals surface area contributed by atoms with Gasteiger partial charge in [-0.3, -0.25) is 9.59 Å². The summed E-state index contributed by atoms with van der Waals surface area (Å²) in [5.74, 6) is -0.466. The average molecular weight is 246 g/mol. The summed E-state index contributed by atoms with van der Waals surface area (Å²) in [5, 5.41) is 12.4. The molecule has 0 saturated heterocycles. The van der Waals surface area contributed by atoms with Crippen molar-refractivity contribution in [1.29, 1.82) is 0 Å². The summed E-state index contributed by atoms with van der Waals surface area (Å²) in [7, 11) is 3.10. The van der Waals surface area contributed by atoms with Gasteiger partial charge in [-0.05, 0) is 6.92 Å². The van der Waals surface area contributed by atoms with Crippen LogP contribution in [0.15, 0.2) is 0 Å². The second kappa shape index (κ2) is 7.24. The highest BCUT2D eigenvalue weighted by Gasteiger charge is 2.21. The molecule has 0 spiro atoms. The number of nitrogens with one attached hydrogen (secondary N) is 1. The van der Waals surface area contributed by atoms with Crippen LogP contribution in [-0.2, 0) is 14.3 Å². The molecule has 2 amide bonds. The molecule has 6 nitrogen and oxygen atoms in total. The summed E-state index contributed by atoms with van der Waals surface area (Å²) in [4.78, 5) is 23.6. The van der Waals surface area contributed by atoms with Crippen molar-refractivity contribution in [1.82, 2.24) is 10.2 Å². The van der Waals surface area contributed by atoms with Crippen LogP contribution >= 0.6 is 0 Å². The van der Waals surface area contributed by atoms with Gasteiger partial charge in [0.15, 0.2) is 0 Å². The fourth-order valence-electron chi connectivity index (χ4n) is 1.08. The molecule has 0 aliphatic rings. The summed E-state index contributed by atoms with van der Waals surface area (Å²) in [5.41, 5.74) is -1.000. The standard InChI is InChI=1S/C11H22N2O4/c1-9(14)13(3)7-10(15)12-8-11(2,16)5-6-17-4/h16H,5-8H2,1-4H3,(H,12,15). The van der Waals surface area contributed by atoms with Crippen LogP contribution in [0.5, 0.6) is 0 Å². The molecule has 0 bridgehead atoms. The largest absolute Gasteiger partial charge is 0.388 e. The van der Waals surface area contributed by atoms with Gasteiger partial charge >= 0.3 is 0 Å². The zero-order valence-corrected chi connectivity index (χ0v) is 10.9. The molecule has 100 valence electrons. The Kier molecular flexibility index (Phi) is 6.75. The highest BCUT2D eigenvalue weighted by Crippen LogP contribution is 2.07. The third-order valence-corrected chi connectivity index (χ3v) is 2.43. The molecule has 0 fully saturated rings. The first-order valence-corrected chi connectivity index (χ1v) is 5.48. The van der Waals surface area contributed by atoms with Gasteiger partial charge in [-0.15, -0.1) is 0 Å². The molecule has 17 heavy (non-hydrogen) atoms. The maximum atomic E-state index is 11.4. The van der Waals surface area contributed by atoms with E-state index in [1.807, 2.05) is 0 Å². The van der Waals surface area contributed by atoms with Crippen LogP contribution in [0.2, 0.25) is 0 Å². The van der Waals surface area contributed by atoms with Gasteiger partial charge in [0.05, 0.1) is 12.1 Å². The van der Waals surface area contributed by atoms with Crippen LogP contribution in [0.4, 0.5) is 0 Å². The Morgan fingerprint density at radius 1 is 1.47 bits per heavy atom. The van der Waals surface area contributed by atoms with Crippen molar-refractivity contribution < 1.29 is 19.4 Å². The molecule has 2 N–H and O–H groups in total. The lowest BCUT2D eigenvalue weighted by Gasteiger charge is -2.24. The molecule has 0 rings (SSSR count). The van der Waals surface area contributed by atoms with E-state index >= 15 is 0 Å². The van der Waals surface area contributed by atoms with Crippen molar-refractivity contribution >= 4 is 11.8 Å². The van der Waals surface area contributed by atoms with E-state index in [2.05, 4.69) is 5.32 Å². The van der Waals surface area contributed by atoms with Gasteiger partial charge in [-0.25, -0.2) is 0 Å². The number of rotatable bonds is 7. The highest BCUT2D eigenvalue weighted by molar-refractivity contribution is 5.83. The van der Waals surface area contributed by atoms with Crippen LogP contribution in [0.1, 0.15) is 20.3 Å². The van der Waals surface area contributed by atoms with E-state index in [9.17, 15) is 14.7 Å². The smallest absolute Gasteiger partial charge is 0.239 e. The minimum absolute atomic E-state index is 0.00427. The number of carbonyl (C=O) groups excluding carboxylic acids is 2. The topological polar surface area (TPSA) is 78.9 Å². The van der Waals surface area contributed by atoms with E-state index in [0.29, 0.717) is 13.0 Å². The fourth-order valence-corrected chi connectivity index (χ4v) is 1.08. The van der Waals surface area contributed by atoms with E-state index in [0.717, 1.165) is 0 Å². The molecule has 1 unspecified atom stereocenters. The maximum Gasteiger partial charge on any atom is 0.239 e. The minimum atomic E-state index is -1.000. The second-order valence-corrected chi connectivity index (χ2v) is 4.39. The van der Waals surface area contributed by atoms with E-state index in [4.69, 9.17) is 4.74 Å². The number of ether oxygens (including phenoxy) is 1. The second-order valence-electron chi connectivity index (χ2n) is 4.39. The molecular formula is C11H22N2O4. The maximum absolute atomic E-state index is 11.4. The molecule has 0 aromatic heterocycles. The van der Waals surface area contributed by atoms with Crippen molar-refractivity contribution in [2.45, 2.75) is 25.9 Å². The van der Waals surface area contributed by atoms with E-state index in [-0.39, 0.29) is 24.9 Å². The van der Waals surface area contributed by atoms with Crippen LogP contribution < -0.4 is 5.32 Å². The zero-order chi connectivity index (χ0) is 13.5. The Morgan fingerprint density at radius 2 is 2.06 bits per heavy atom. The van der Waals surface area contributed by atoms with Crippen LogP contribution in [0.3, 0.4) is 0 Å². The van der Waals surface area contributed by atoms with Crippen LogP contribution in [-0.4, -0.2) is 61.3 Å². The van der Waals surface area contributed by atoms with Gasteiger partial charge in [0.25, 0.3) is 0 Å². The quantitative estimate of drug-likeness (QED) is 0.627. The van der Waals surface area contributed by atoms with E-state index in [1.54, 1.807) is 21.1 Å². The van der Waals surface area contributed by atoms with Crippen molar-refractivity contribution in [2.24, 2.45) is 0 Å². The molecule has 0 heterocycles. The Bertz CT molecular complexity index is 266. The van der Waals surface area contributed by atoms with Gasteiger partial charge in [-0.1, -0.05) is 0 Å². The Labute approximate surface area is 102 Å². The normalized spacial score (nSPS) is 13.9. The van der Waals surface area contributed by atoms with Crippen molar-refractivity contribution in [3.05, 3.63) is 0 Å². The summed E-state index contributed by atoms with van der Waals surface area (Å²) >= 11 is 0. The van der Waals surface area contributed by atoms with Gasteiger partial charge in [0, 0.05) is 40.7 Å². The van der Waals surface area contributed by atoms with Gasteiger partial charge < -0.3 is 20.1 Å². The average Bonchev–Trinajstić information content (AvgIpc) is 2.24. The van der Waals surface area contributed by atoms with Gasteiger partial charge in [-0.2, -0.15) is 0 Å². The third-order valence-electron chi connectivity index (χ3n) is 2.43. The third kappa shape index (κ3) is 7.70. The molecule has 1 atom stereocenters. The summed E-state index contributed by atoms with van der Waals surface area (Å²) < 4.78 is 4.85. The molecule has 0 aromatic carbocycles. The lowest BCUT2D eigenvalue weighted by Crippen LogP contribution is -2.45. The molecule has 0 aliphatic heterocycles. The Hall–Kier alpha value is -1.14. The number of likely N-dealkylation sites (N-methyl/N-ethyl adjacent to an activating group) is 1. The molecular weight excluding hydrogens is 224 g/mol. The predicted molar refractivity (Wildman–Crippen MR) is 63.4 cm³/mol. The van der Waals surface area contributed by atoms with E-state index in [1.165, 1.54) is 11.8 Å². The zero-order valence-electron chi connectivity index (χ0n) is 10.9.